The normalized spacial score (nSPS) is 15.5. The van der Waals surface area contributed by atoms with E-state index >= 15 is 0 Å². The van der Waals surface area contributed by atoms with Crippen LogP contribution in [-0.4, -0.2) is 31.3 Å². The van der Waals surface area contributed by atoms with Crippen molar-refractivity contribution in [1.29, 1.82) is 0 Å². The van der Waals surface area contributed by atoms with E-state index in [2.05, 4.69) is 9.88 Å². The third-order valence-corrected chi connectivity index (χ3v) is 5.40. The van der Waals surface area contributed by atoms with Gasteiger partial charge in [0, 0.05) is 38.1 Å². The fourth-order valence-corrected chi connectivity index (χ4v) is 4.03. The van der Waals surface area contributed by atoms with Gasteiger partial charge in [-0.05, 0) is 24.3 Å². The molecule has 0 aliphatic carbocycles. The topological polar surface area (TPSA) is 54.5 Å². The van der Waals surface area contributed by atoms with Crippen LogP contribution < -0.4 is 14.4 Å². The molecule has 2 aromatic carbocycles. The summed E-state index contributed by atoms with van der Waals surface area (Å²) < 4.78 is 12.3. The van der Waals surface area contributed by atoms with Gasteiger partial charge < -0.3 is 14.4 Å². The fourth-order valence-electron chi connectivity index (χ4n) is 3.22. The van der Waals surface area contributed by atoms with Crippen LogP contribution in [-0.2, 0) is 5.11 Å². The second kappa shape index (κ2) is 6.80. The Morgan fingerprint density at radius 3 is 2.56 bits per heavy atom. The summed E-state index contributed by atoms with van der Waals surface area (Å²) in [7, 11) is 1.66. The Labute approximate surface area is 150 Å². The first-order chi connectivity index (χ1) is 12.2. The van der Waals surface area contributed by atoms with E-state index in [1.54, 1.807) is 36.1 Å². The number of hydrogen-bond donors (Lipinski definition) is 0. The molecule has 0 unspecified atom stereocenters. The molecule has 25 heavy (non-hydrogen) atoms. The number of thiazole rings is 1. The number of aromatic nitrogens is 1. The Hall–Kier alpha value is -2.47. The van der Waals surface area contributed by atoms with Crippen molar-refractivity contribution in [3.05, 3.63) is 41.9 Å². The van der Waals surface area contributed by atoms with Gasteiger partial charge in [-0.15, -0.1) is 11.3 Å². The van der Waals surface area contributed by atoms with Crippen molar-refractivity contribution in [2.45, 2.75) is 18.9 Å². The molecule has 1 fully saturated rings. The number of fused-ring (bicyclic) bond motifs is 1. The van der Waals surface area contributed by atoms with Crippen LogP contribution in [0, 0.1) is 0 Å². The molecule has 0 atom stereocenters. The van der Waals surface area contributed by atoms with Crippen molar-refractivity contribution >= 4 is 27.2 Å². The van der Waals surface area contributed by atoms with Crippen molar-refractivity contribution < 1.29 is 14.6 Å². The summed E-state index contributed by atoms with van der Waals surface area (Å²) >= 11 is 1.59. The molecule has 1 aliphatic heterocycles. The molecule has 4 rings (SSSR count). The first kappa shape index (κ1) is 16.0. The molecule has 0 N–H and O–H groups in total. The maximum absolute atomic E-state index is 11.9. The van der Waals surface area contributed by atoms with E-state index in [4.69, 9.17) is 9.47 Å². The van der Waals surface area contributed by atoms with Gasteiger partial charge in [-0.1, -0.05) is 0 Å². The van der Waals surface area contributed by atoms with E-state index in [1.807, 2.05) is 24.3 Å². The smallest absolute Gasteiger partial charge is 0.182 e. The van der Waals surface area contributed by atoms with Gasteiger partial charge in [0.15, 0.2) is 5.75 Å². The number of piperidine rings is 1. The minimum atomic E-state index is 0.0185. The lowest BCUT2D eigenvalue weighted by Gasteiger charge is -2.34. The van der Waals surface area contributed by atoms with E-state index in [0.29, 0.717) is 0 Å². The van der Waals surface area contributed by atoms with Gasteiger partial charge in [-0.2, -0.15) is 0 Å². The Morgan fingerprint density at radius 1 is 1.12 bits per heavy atom. The quantitative estimate of drug-likeness (QED) is 0.692. The molecule has 2 heterocycles. The number of ether oxygens (including phenoxy) is 2. The Morgan fingerprint density at radius 2 is 1.84 bits per heavy atom. The van der Waals surface area contributed by atoms with Crippen molar-refractivity contribution in [2.24, 2.45) is 0 Å². The molecule has 5 nitrogen and oxygen atoms in total. The Balaban J connectivity index is 1.43. The third-order valence-electron chi connectivity index (χ3n) is 4.53. The minimum Gasteiger partial charge on any atom is -0.497 e. The zero-order chi connectivity index (χ0) is 17.2. The molecule has 1 aliphatic rings. The molecule has 3 aromatic rings. The summed E-state index contributed by atoms with van der Waals surface area (Å²) in [5, 5.41) is 11.9. The van der Waals surface area contributed by atoms with Crippen LogP contribution in [0.3, 0.4) is 0 Å². The van der Waals surface area contributed by atoms with E-state index in [1.165, 1.54) is 0 Å². The average molecular weight is 355 g/mol. The molecule has 129 valence electrons. The largest absolute Gasteiger partial charge is 0.497 e. The highest BCUT2D eigenvalue weighted by Crippen LogP contribution is 2.35. The number of rotatable bonds is 4. The number of methoxy groups -OCH3 is 1. The second-order valence-corrected chi connectivity index (χ2v) is 6.98. The van der Waals surface area contributed by atoms with E-state index < -0.39 is 0 Å². The van der Waals surface area contributed by atoms with Gasteiger partial charge in [0.2, 0.25) is 0 Å². The summed E-state index contributed by atoms with van der Waals surface area (Å²) in [4.78, 5) is 6.55. The minimum absolute atomic E-state index is 0.0185. The number of anilines is 1. The van der Waals surface area contributed by atoms with E-state index in [-0.39, 0.29) is 11.9 Å². The summed E-state index contributed by atoms with van der Waals surface area (Å²) in [5.41, 5.74) is 3.60. The summed E-state index contributed by atoms with van der Waals surface area (Å²) in [6.07, 6.45) is 2.04. The van der Waals surface area contributed by atoms with E-state index in [9.17, 15) is 5.11 Å². The number of nitrogens with zero attached hydrogens (tertiary/aromatic N) is 2. The lowest BCUT2D eigenvalue weighted by atomic mass is 10.1. The van der Waals surface area contributed by atoms with Gasteiger partial charge in [-0.25, -0.2) is 4.98 Å². The van der Waals surface area contributed by atoms with Crippen LogP contribution in [0.4, 0.5) is 5.69 Å². The maximum atomic E-state index is 11.9. The number of hydrogen-bond acceptors (Lipinski definition) is 5. The molecule has 1 radical (unpaired) electrons. The van der Waals surface area contributed by atoms with Crippen LogP contribution in [0.1, 0.15) is 12.8 Å². The van der Waals surface area contributed by atoms with Gasteiger partial charge in [-0.3, -0.25) is 5.11 Å². The summed E-state index contributed by atoms with van der Waals surface area (Å²) in [6.45, 7) is 1.74. The van der Waals surface area contributed by atoms with Crippen molar-refractivity contribution in [1.82, 2.24) is 4.98 Å². The van der Waals surface area contributed by atoms with Crippen LogP contribution in [0.2, 0.25) is 0 Å². The molecular formula is C19H19N2O3S. The standard InChI is InChI=1S/C19H19N2O3S/c1-23-14-2-4-15(5-3-14)24-16-6-8-21(9-7-16)18-11-13(22)10-17-19(18)25-12-20-17/h2-5,10-12,16H,6-9H2,1H3. The highest BCUT2D eigenvalue weighted by Gasteiger charge is 2.23. The monoisotopic (exact) mass is 355 g/mol. The predicted molar refractivity (Wildman–Crippen MR) is 98.6 cm³/mol. The highest BCUT2D eigenvalue weighted by molar-refractivity contribution is 7.17. The van der Waals surface area contributed by atoms with Gasteiger partial charge in [0.25, 0.3) is 0 Å². The lowest BCUT2D eigenvalue weighted by molar-refractivity contribution is 0.171. The van der Waals surface area contributed by atoms with Crippen molar-refractivity contribution in [2.75, 3.05) is 25.1 Å². The zero-order valence-electron chi connectivity index (χ0n) is 14.0. The molecule has 0 bridgehead atoms. The molecule has 6 heteroatoms. The first-order valence-electron chi connectivity index (χ1n) is 8.33. The highest BCUT2D eigenvalue weighted by atomic mass is 32.1. The molecular weight excluding hydrogens is 336 g/mol. The SMILES string of the molecule is COc1ccc(OC2CCN(c3cc([O])cc4ncsc34)CC2)cc1. The van der Waals surface area contributed by atoms with Crippen molar-refractivity contribution in [3.63, 3.8) is 0 Å². The van der Waals surface area contributed by atoms with Crippen LogP contribution >= 0.6 is 11.3 Å². The average Bonchev–Trinajstić information content (AvgIpc) is 3.11. The lowest BCUT2D eigenvalue weighted by Crippen LogP contribution is -2.38. The van der Waals surface area contributed by atoms with Crippen molar-refractivity contribution in [3.8, 4) is 17.2 Å². The molecule has 0 saturated carbocycles. The van der Waals surface area contributed by atoms with E-state index in [0.717, 1.165) is 53.3 Å². The van der Waals surface area contributed by atoms with Crippen LogP contribution in [0.15, 0.2) is 41.9 Å². The second-order valence-electron chi connectivity index (χ2n) is 6.12. The Bertz CT molecular complexity index is 855. The first-order valence-corrected chi connectivity index (χ1v) is 9.21. The fraction of sp³-hybridized carbons (Fsp3) is 0.316. The van der Waals surface area contributed by atoms with Crippen LogP contribution in [0.25, 0.3) is 10.2 Å². The maximum Gasteiger partial charge on any atom is 0.182 e. The van der Waals surface area contributed by atoms with Gasteiger partial charge >= 0.3 is 0 Å². The molecule has 0 amide bonds. The number of benzene rings is 2. The molecule has 0 spiro atoms. The van der Waals surface area contributed by atoms with Gasteiger partial charge in [0.05, 0.1) is 28.5 Å². The molecule has 1 aromatic heterocycles. The predicted octanol–water partition coefficient (Wildman–Crippen LogP) is 4.50. The van der Waals surface area contributed by atoms with Gasteiger partial charge in [0.1, 0.15) is 17.6 Å². The zero-order valence-corrected chi connectivity index (χ0v) is 14.8. The van der Waals surface area contributed by atoms with Crippen LogP contribution in [0.5, 0.6) is 17.2 Å². The summed E-state index contributed by atoms with van der Waals surface area (Å²) in [6, 6.07) is 11.0. The molecule has 1 saturated heterocycles. The Kier molecular flexibility index (Phi) is 4.36. The summed E-state index contributed by atoms with van der Waals surface area (Å²) in [5.74, 6) is 1.71. The third kappa shape index (κ3) is 3.35.